The summed E-state index contributed by atoms with van der Waals surface area (Å²) < 4.78 is 16.8. The molecule has 0 bridgehead atoms. The second-order valence-corrected chi connectivity index (χ2v) is 11.1. The number of rotatable bonds is 7. The maximum atomic E-state index is 12.5. The van der Waals surface area contributed by atoms with Crippen LogP contribution in [0.5, 0.6) is 5.75 Å². The third kappa shape index (κ3) is 6.11. The van der Waals surface area contributed by atoms with E-state index >= 15 is 0 Å². The van der Waals surface area contributed by atoms with E-state index in [2.05, 4.69) is 72.5 Å². The summed E-state index contributed by atoms with van der Waals surface area (Å²) in [4.78, 5) is 16.2. The van der Waals surface area contributed by atoms with Crippen molar-refractivity contribution in [2.75, 3.05) is 6.61 Å². The van der Waals surface area contributed by atoms with Crippen LogP contribution >= 0.6 is 0 Å². The molecule has 4 aromatic carbocycles. The molecule has 0 aliphatic carbocycles. The third-order valence-electron chi connectivity index (χ3n) is 5.72. The predicted molar refractivity (Wildman–Crippen MR) is 150 cm³/mol. The summed E-state index contributed by atoms with van der Waals surface area (Å²) in [5.74, 6) is 6.21. The van der Waals surface area contributed by atoms with Crippen LogP contribution in [-0.2, 0) is 20.4 Å². The quantitative estimate of drug-likeness (QED) is 0.129. The highest BCUT2D eigenvalue weighted by Crippen LogP contribution is 2.32. The summed E-state index contributed by atoms with van der Waals surface area (Å²) in [6, 6.07) is 36.5. The second kappa shape index (κ2) is 11.3. The first-order valence-electron chi connectivity index (χ1n) is 12.3. The molecule has 5 heteroatoms. The first-order chi connectivity index (χ1) is 18.5. The number of esters is 1. The Bertz CT molecular complexity index is 1540. The van der Waals surface area contributed by atoms with E-state index in [1.165, 1.54) is 14.7 Å². The zero-order chi connectivity index (χ0) is 26.4. The number of hydrogen-bond donors (Lipinski definition) is 0. The first kappa shape index (κ1) is 25.3. The van der Waals surface area contributed by atoms with Gasteiger partial charge in [-0.2, -0.15) is 0 Å². The smallest absolute Gasteiger partial charge is 0.345 e. The van der Waals surface area contributed by atoms with Gasteiger partial charge in [0.15, 0.2) is 26.9 Å². The third-order valence-corrected chi connectivity index (χ3v) is 7.95. The Kier molecular flexibility index (Phi) is 7.53. The lowest BCUT2D eigenvalue weighted by Crippen LogP contribution is -2.29. The first-order valence-corrected chi connectivity index (χ1v) is 13.5. The van der Waals surface area contributed by atoms with E-state index < -0.39 is 11.6 Å². The van der Waals surface area contributed by atoms with Gasteiger partial charge in [0, 0.05) is 5.39 Å². The van der Waals surface area contributed by atoms with Crippen LogP contribution in [0.3, 0.4) is 0 Å². The fourth-order valence-corrected chi connectivity index (χ4v) is 6.05. The van der Waals surface area contributed by atoms with Crippen molar-refractivity contribution in [1.29, 1.82) is 0 Å². The van der Waals surface area contributed by atoms with Crippen molar-refractivity contribution < 1.29 is 18.7 Å². The summed E-state index contributed by atoms with van der Waals surface area (Å²) in [6.07, 6.45) is 1.61. The van der Waals surface area contributed by atoms with Gasteiger partial charge in [0.1, 0.15) is 17.6 Å². The summed E-state index contributed by atoms with van der Waals surface area (Å²) in [5, 5.41) is 0.927. The van der Waals surface area contributed by atoms with Gasteiger partial charge in [0.05, 0.1) is 16.5 Å². The van der Waals surface area contributed by atoms with Crippen molar-refractivity contribution in [3.63, 3.8) is 0 Å². The SMILES string of the molecule is CC(C)(C#Cc1coc2ccccc12)OC(=O)COc1ccc([S+](c2ccccc2)c2ccccc2)cc1. The van der Waals surface area contributed by atoms with Gasteiger partial charge >= 0.3 is 5.97 Å². The monoisotopic (exact) mass is 519 g/mol. The average Bonchev–Trinajstić information content (AvgIpc) is 3.36. The van der Waals surface area contributed by atoms with Crippen LogP contribution in [0.4, 0.5) is 0 Å². The Labute approximate surface area is 225 Å². The zero-order valence-electron chi connectivity index (χ0n) is 21.2. The molecule has 0 aliphatic heterocycles. The molecule has 188 valence electrons. The van der Waals surface area contributed by atoms with Crippen molar-refractivity contribution in [3.05, 3.63) is 121 Å². The molecule has 5 aromatic rings. The summed E-state index contributed by atoms with van der Waals surface area (Å²) in [5.41, 5.74) is 0.541. The summed E-state index contributed by atoms with van der Waals surface area (Å²) in [7, 11) is -0.242. The van der Waals surface area contributed by atoms with Gasteiger partial charge in [-0.25, -0.2) is 4.79 Å². The molecule has 0 spiro atoms. The molecule has 0 saturated carbocycles. The number of hydrogen-bond acceptors (Lipinski definition) is 4. The Morgan fingerprint density at radius 3 is 2.03 bits per heavy atom. The average molecular weight is 520 g/mol. The molecule has 0 radical (unpaired) electrons. The molecule has 0 aliphatic rings. The largest absolute Gasteiger partial charge is 0.482 e. The van der Waals surface area contributed by atoms with Crippen LogP contribution < -0.4 is 4.74 Å². The van der Waals surface area contributed by atoms with Crippen molar-refractivity contribution >= 4 is 27.8 Å². The molecule has 38 heavy (non-hydrogen) atoms. The van der Waals surface area contributed by atoms with Crippen LogP contribution in [0.25, 0.3) is 11.0 Å². The van der Waals surface area contributed by atoms with Crippen LogP contribution in [0.2, 0.25) is 0 Å². The molecular formula is C33H27O4S+. The van der Waals surface area contributed by atoms with E-state index in [1.807, 2.05) is 48.5 Å². The van der Waals surface area contributed by atoms with E-state index in [4.69, 9.17) is 13.9 Å². The summed E-state index contributed by atoms with van der Waals surface area (Å²) in [6.45, 7) is 3.30. The molecule has 0 atom stereocenters. The summed E-state index contributed by atoms with van der Waals surface area (Å²) >= 11 is 0. The van der Waals surface area contributed by atoms with Crippen LogP contribution in [0.1, 0.15) is 19.4 Å². The van der Waals surface area contributed by atoms with Gasteiger partial charge in [-0.05, 0) is 74.5 Å². The van der Waals surface area contributed by atoms with Gasteiger partial charge in [0.25, 0.3) is 0 Å². The topological polar surface area (TPSA) is 48.7 Å². The normalized spacial score (nSPS) is 11.1. The lowest BCUT2D eigenvalue weighted by Gasteiger charge is -2.18. The number of fused-ring (bicyclic) bond motifs is 1. The van der Waals surface area contributed by atoms with Gasteiger partial charge < -0.3 is 13.9 Å². The molecule has 1 heterocycles. The molecule has 0 unspecified atom stereocenters. The highest BCUT2D eigenvalue weighted by Gasteiger charge is 2.28. The Morgan fingerprint density at radius 1 is 0.789 bits per heavy atom. The zero-order valence-corrected chi connectivity index (χ0v) is 22.0. The highest BCUT2D eigenvalue weighted by atomic mass is 32.2. The molecule has 0 amide bonds. The van der Waals surface area contributed by atoms with Gasteiger partial charge in [-0.1, -0.05) is 60.4 Å². The van der Waals surface area contributed by atoms with Crippen LogP contribution in [-0.4, -0.2) is 18.2 Å². The maximum absolute atomic E-state index is 12.5. The van der Waals surface area contributed by atoms with Crippen LogP contribution in [0.15, 0.2) is 135 Å². The second-order valence-electron chi connectivity index (χ2n) is 9.07. The van der Waals surface area contributed by atoms with Gasteiger partial charge in [-0.15, -0.1) is 0 Å². The lowest BCUT2D eigenvalue weighted by molar-refractivity contribution is -0.154. The number of para-hydroxylation sites is 1. The maximum Gasteiger partial charge on any atom is 0.345 e. The Hall–Kier alpha value is -4.40. The van der Waals surface area contributed by atoms with E-state index in [0.717, 1.165) is 16.5 Å². The molecule has 1 aromatic heterocycles. The van der Waals surface area contributed by atoms with E-state index in [9.17, 15) is 4.79 Å². The molecular weight excluding hydrogens is 492 g/mol. The number of benzene rings is 4. The van der Waals surface area contributed by atoms with Crippen LogP contribution in [0, 0.1) is 11.8 Å². The fraction of sp³-hybridized carbons (Fsp3) is 0.121. The highest BCUT2D eigenvalue weighted by molar-refractivity contribution is 7.97. The van der Waals surface area contributed by atoms with E-state index in [0.29, 0.717) is 5.75 Å². The van der Waals surface area contributed by atoms with Gasteiger partial charge in [-0.3, -0.25) is 0 Å². The minimum atomic E-state index is -0.984. The Morgan fingerprint density at radius 2 is 1.37 bits per heavy atom. The van der Waals surface area contributed by atoms with E-state index in [1.54, 1.807) is 20.1 Å². The van der Waals surface area contributed by atoms with Crippen molar-refractivity contribution in [2.24, 2.45) is 0 Å². The number of carbonyl (C=O) groups is 1. The minimum absolute atomic E-state index is 0.206. The lowest BCUT2D eigenvalue weighted by atomic mass is 10.1. The molecule has 5 rings (SSSR count). The number of furan rings is 1. The molecule has 0 saturated heterocycles. The Balaban J connectivity index is 1.22. The molecule has 0 N–H and O–H groups in total. The standard InChI is InChI=1S/C33H27O4S/c1-33(2,22-21-25-23-36-31-16-10-9-15-30(25)31)37-32(34)24-35-26-17-19-29(20-18-26)38(27-11-5-3-6-12-27)28-13-7-4-8-14-28/h3-20,23H,24H2,1-2H3/q+1. The number of carbonyl (C=O) groups excluding carboxylic acids is 1. The van der Waals surface area contributed by atoms with E-state index in [-0.39, 0.29) is 17.5 Å². The molecule has 0 fully saturated rings. The van der Waals surface area contributed by atoms with Crippen molar-refractivity contribution in [3.8, 4) is 17.6 Å². The number of ether oxygens (including phenoxy) is 2. The van der Waals surface area contributed by atoms with Crippen molar-refractivity contribution in [1.82, 2.24) is 0 Å². The van der Waals surface area contributed by atoms with Crippen molar-refractivity contribution in [2.45, 2.75) is 34.1 Å². The minimum Gasteiger partial charge on any atom is -0.482 e. The fourth-order valence-electron chi connectivity index (χ4n) is 3.97. The van der Waals surface area contributed by atoms with Gasteiger partial charge in [0.2, 0.25) is 0 Å². The predicted octanol–water partition coefficient (Wildman–Crippen LogP) is 7.28. The molecule has 4 nitrogen and oxygen atoms in total.